The summed E-state index contributed by atoms with van der Waals surface area (Å²) in [7, 11) is 1.92. The van der Waals surface area contributed by atoms with E-state index in [1.807, 2.05) is 25.2 Å². The molecule has 0 saturated heterocycles. The molecule has 3 nitrogen and oxygen atoms in total. The molecule has 3 aromatic carbocycles. The highest BCUT2D eigenvalue weighted by molar-refractivity contribution is 5.83. The zero-order chi connectivity index (χ0) is 19.2. The average molecular weight is 357 g/mol. The van der Waals surface area contributed by atoms with Crippen molar-refractivity contribution in [1.29, 1.82) is 0 Å². The van der Waals surface area contributed by atoms with Crippen LogP contribution in [-0.4, -0.2) is 13.0 Å². The number of benzene rings is 3. The molecular formula is C24H23NO2. The first-order valence-corrected chi connectivity index (χ1v) is 9.00. The third-order valence-electron chi connectivity index (χ3n) is 4.55. The van der Waals surface area contributed by atoms with E-state index in [0.29, 0.717) is 5.75 Å². The Balaban J connectivity index is 1.87. The highest BCUT2D eigenvalue weighted by atomic mass is 16.5. The van der Waals surface area contributed by atoms with Gasteiger partial charge in [-0.05, 0) is 58.5 Å². The summed E-state index contributed by atoms with van der Waals surface area (Å²) >= 11 is 0. The number of carbonyl (C=O) groups excluding carboxylic acids is 1. The molecule has 27 heavy (non-hydrogen) atoms. The molecule has 0 unspecified atom stereocenters. The van der Waals surface area contributed by atoms with Crippen LogP contribution in [0.3, 0.4) is 0 Å². The van der Waals surface area contributed by atoms with Gasteiger partial charge in [-0.25, -0.2) is 4.79 Å². The zero-order valence-electron chi connectivity index (χ0n) is 15.7. The molecule has 3 heteroatoms. The Labute approximate surface area is 160 Å². The molecule has 0 aliphatic rings. The van der Waals surface area contributed by atoms with E-state index in [9.17, 15) is 4.79 Å². The van der Waals surface area contributed by atoms with E-state index >= 15 is 0 Å². The van der Waals surface area contributed by atoms with Crippen molar-refractivity contribution in [2.45, 2.75) is 13.3 Å². The highest BCUT2D eigenvalue weighted by Gasteiger charge is 2.08. The first-order valence-electron chi connectivity index (χ1n) is 9.00. The normalized spacial score (nSPS) is 10.3. The molecule has 0 aliphatic heterocycles. The quantitative estimate of drug-likeness (QED) is 0.348. The van der Waals surface area contributed by atoms with Crippen LogP contribution in [0.1, 0.15) is 12.5 Å². The Morgan fingerprint density at radius 1 is 0.963 bits per heavy atom. The van der Waals surface area contributed by atoms with E-state index in [4.69, 9.17) is 4.74 Å². The number of hydrogen-bond acceptors (Lipinski definition) is 3. The molecule has 0 atom stereocenters. The maximum atomic E-state index is 11.4. The van der Waals surface area contributed by atoms with Crippen LogP contribution < -0.4 is 10.1 Å². The molecule has 0 saturated carbocycles. The molecule has 0 amide bonds. The second-order valence-electron chi connectivity index (χ2n) is 6.20. The molecule has 3 aromatic rings. The van der Waals surface area contributed by atoms with E-state index < -0.39 is 5.97 Å². The largest absolute Gasteiger partial charge is 0.423 e. The summed E-state index contributed by atoms with van der Waals surface area (Å²) in [5, 5.41) is 3.13. The first kappa shape index (κ1) is 18.5. The molecule has 3 rings (SSSR count). The van der Waals surface area contributed by atoms with Gasteiger partial charge in [-0.2, -0.15) is 0 Å². The molecule has 0 fully saturated rings. The lowest BCUT2D eigenvalue weighted by molar-refractivity contribution is -0.128. The summed E-state index contributed by atoms with van der Waals surface area (Å²) in [5.41, 5.74) is 6.88. The van der Waals surface area contributed by atoms with Crippen LogP contribution in [0, 0.1) is 0 Å². The van der Waals surface area contributed by atoms with Gasteiger partial charge in [0.2, 0.25) is 0 Å². The molecule has 0 radical (unpaired) electrons. The summed E-state index contributed by atoms with van der Waals surface area (Å²) in [4.78, 5) is 11.4. The topological polar surface area (TPSA) is 38.3 Å². The van der Waals surface area contributed by atoms with Crippen molar-refractivity contribution >= 4 is 11.7 Å². The highest BCUT2D eigenvalue weighted by Crippen LogP contribution is 2.30. The van der Waals surface area contributed by atoms with Crippen LogP contribution in [0.25, 0.3) is 22.3 Å². The Bertz CT molecular complexity index is 941. The van der Waals surface area contributed by atoms with Crippen molar-refractivity contribution < 1.29 is 9.53 Å². The lowest BCUT2D eigenvalue weighted by atomic mass is 9.95. The van der Waals surface area contributed by atoms with Crippen LogP contribution in [-0.2, 0) is 11.2 Å². The Morgan fingerprint density at radius 3 is 2.11 bits per heavy atom. The van der Waals surface area contributed by atoms with Gasteiger partial charge >= 0.3 is 5.97 Å². The SMILES string of the molecule is C=CC(=O)Oc1ccc(-c2ccc(-c3ccc(NC)cc3)cc2)c(CC)c1. The molecule has 0 aromatic heterocycles. The van der Waals surface area contributed by atoms with Crippen LogP contribution >= 0.6 is 0 Å². The number of carbonyl (C=O) groups is 1. The van der Waals surface area contributed by atoms with Gasteiger partial charge in [0.15, 0.2) is 0 Å². The van der Waals surface area contributed by atoms with Crippen molar-refractivity contribution in [2.75, 3.05) is 12.4 Å². The smallest absolute Gasteiger partial charge is 0.335 e. The van der Waals surface area contributed by atoms with Crippen LogP contribution in [0.15, 0.2) is 79.4 Å². The van der Waals surface area contributed by atoms with Crippen molar-refractivity contribution in [2.24, 2.45) is 0 Å². The summed E-state index contributed by atoms with van der Waals surface area (Å²) in [6.45, 7) is 5.52. The standard InChI is InChI=1S/C24H23NO2/c1-4-17-16-22(27-24(26)5-2)14-15-23(17)20-8-6-18(7-9-20)19-10-12-21(25-3)13-11-19/h5-16,25H,2,4H2,1,3H3. The van der Waals surface area contributed by atoms with Gasteiger partial charge in [0.1, 0.15) is 5.75 Å². The summed E-state index contributed by atoms with van der Waals surface area (Å²) in [5.74, 6) is 0.0974. The van der Waals surface area contributed by atoms with E-state index in [1.54, 1.807) is 0 Å². The summed E-state index contributed by atoms with van der Waals surface area (Å²) < 4.78 is 5.23. The minimum Gasteiger partial charge on any atom is -0.423 e. The number of esters is 1. The molecule has 0 spiro atoms. The van der Waals surface area contributed by atoms with Crippen LogP contribution in [0.4, 0.5) is 5.69 Å². The lowest BCUT2D eigenvalue weighted by Crippen LogP contribution is -2.03. The van der Waals surface area contributed by atoms with E-state index in [-0.39, 0.29) is 0 Å². The molecule has 0 heterocycles. The molecule has 136 valence electrons. The Hall–Kier alpha value is -3.33. The second kappa shape index (κ2) is 8.37. The van der Waals surface area contributed by atoms with Gasteiger partial charge in [0.05, 0.1) is 0 Å². The minimum absolute atomic E-state index is 0.446. The number of aryl methyl sites for hydroxylation is 1. The third kappa shape index (κ3) is 4.26. The van der Waals surface area contributed by atoms with Crippen molar-refractivity contribution in [3.63, 3.8) is 0 Å². The fraction of sp³-hybridized carbons (Fsp3) is 0.125. The number of ether oxygens (including phenoxy) is 1. The van der Waals surface area contributed by atoms with Gasteiger partial charge in [0, 0.05) is 18.8 Å². The van der Waals surface area contributed by atoms with Gasteiger partial charge < -0.3 is 10.1 Å². The Kier molecular flexibility index (Phi) is 5.72. The van der Waals surface area contributed by atoms with Gasteiger partial charge in [-0.1, -0.05) is 56.0 Å². The predicted octanol–water partition coefficient (Wildman–Crippen LogP) is 5.72. The maximum Gasteiger partial charge on any atom is 0.335 e. The van der Waals surface area contributed by atoms with Crippen molar-refractivity contribution in [3.8, 4) is 28.0 Å². The maximum absolute atomic E-state index is 11.4. The second-order valence-corrected chi connectivity index (χ2v) is 6.20. The first-order chi connectivity index (χ1) is 13.1. The van der Waals surface area contributed by atoms with E-state index in [0.717, 1.165) is 28.8 Å². The van der Waals surface area contributed by atoms with Gasteiger partial charge in [0.25, 0.3) is 0 Å². The zero-order valence-corrected chi connectivity index (χ0v) is 15.7. The van der Waals surface area contributed by atoms with E-state index in [1.165, 1.54) is 17.2 Å². The number of nitrogens with one attached hydrogen (secondary N) is 1. The number of hydrogen-bond donors (Lipinski definition) is 1. The van der Waals surface area contributed by atoms with Crippen molar-refractivity contribution in [3.05, 3.63) is 84.9 Å². The van der Waals surface area contributed by atoms with Crippen LogP contribution in [0.2, 0.25) is 0 Å². The Morgan fingerprint density at radius 2 is 1.56 bits per heavy atom. The van der Waals surface area contributed by atoms with Crippen molar-refractivity contribution in [1.82, 2.24) is 0 Å². The van der Waals surface area contributed by atoms with E-state index in [2.05, 4.69) is 67.4 Å². The number of rotatable bonds is 6. The fourth-order valence-corrected chi connectivity index (χ4v) is 3.04. The summed E-state index contributed by atoms with van der Waals surface area (Å²) in [6.07, 6.45) is 2.02. The lowest BCUT2D eigenvalue weighted by Gasteiger charge is -2.12. The minimum atomic E-state index is -0.446. The predicted molar refractivity (Wildman–Crippen MR) is 112 cm³/mol. The third-order valence-corrected chi connectivity index (χ3v) is 4.55. The van der Waals surface area contributed by atoms with Crippen LogP contribution in [0.5, 0.6) is 5.75 Å². The molecular weight excluding hydrogens is 334 g/mol. The molecule has 0 bridgehead atoms. The molecule has 1 N–H and O–H groups in total. The summed E-state index contributed by atoms with van der Waals surface area (Å²) in [6, 6.07) is 22.6. The average Bonchev–Trinajstić information content (AvgIpc) is 2.73. The number of anilines is 1. The molecule has 0 aliphatic carbocycles. The van der Waals surface area contributed by atoms with Gasteiger partial charge in [-0.3, -0.25) is 0 Å². The fourth-order valence-electron chi connectivity index (χ4n) is 3.04. The van der Waals surface area contributed by atoms with Gasteiger partial charge in [-0.15, -0.1) is 0 Å². The monoisotopic (exact) mass is 357 g/mol.